The lowest BCUT2D eigenvalue weighted by Gasteiger charge is -2.09. The predicted molar refractivity (Wildman–Crippen MR) is 62.2 cm³/mol. The molecule has 0 aliphatic rings. The van der Waals surface area contributed by atoms with Crippen LogP contribution in [0.3, 0.4) is 0 Å². The highest BCUT2D eigenvalue weighted by molar-refractivity contribution is 5.69. The van der Waals surface area contributed by atoms with Gasteiger partial charge in [-0.05, 0) is 6.07 Å². The van der Waals surface area contributed by atoms with Crippen molar-refractivity contribution in [2.75, 3.05) is 14.1 Å². The second-order valence-corrected chi connectivity index (χ2v) is 4.07. The summed E-state index contributed by atoms with van der Waals surface area (Å²) in [5.41, 5.74) is 0.193. The van der Waals surface area contributed by atoms with Crippen LogP contribution in [0, 0.1) is 0 Å². The van der Waals surface area contributed by atoms with Crippen LogP contribution >= 0.6 is 0 Å². The Morgan fingerprint density at radius 2 is 2.05 bits per heavy atom. The van der Waals surface area contributed by atoms with Gasteiger partial charge in [0.1, 0.15) is 0 Å². The minimum absolute atomic E-state index is 0.00279. The molecule has 7 nitrogen and oxygen atoms in total. The normalized spacial score (nSPS) is 11.3. The first-order valence-corrected chi connectivity index (χ1v) is 5.54. The van der Waals surface area contributed by atoms with Crippen LogP contribution in [0.15, 0.2) is 22.9 Å². The first kappa shape index (κ1) is 14.8. The maximum atomic E-state index is 12.3. The van der Waals surface area contributed by atoms with Crippen molar-refractivity contribution in [3.8, 4) is 17.3 Å². The Hall–Kier alpha value is -2.65. The Kier molecular flexibility index (Phi) is 3.78. The quantitative estimate of drug-likeness (QED) is 0.846. The average Bonchev–Trinajstić information content (AvgIpc) is 2.89. The Labute approximate surface area is 116 Å². The third kappa shape index (κ3) is 3.46. The predicted octanol–water partition coefficient (Wildman–Crippen LogP) is 2.21. The van der Waals surface area contributed by atoms with Crippen LogP contribution < -0.4 is 4.74 Å². The summed E-state index contributed by atoms with van der Waals surface area (Å²) in [6.45, 7) is 0. The zero-order valence-electron chi connectivity index (χ0n) is 10.9. The third-order valence-electron chi connectivity index (χ3n) is 2.22. The fourth-order valence-electron chi connectivity index (χ4n) is 1.21. The molecule has 2 heterocycles. The van der Waals surface area contributed by atoms with Crippen LogP contribution in [-0.4, -0.2) is 40.2 Å². The molecule has 0 aliphatic carbocycles. The molecule has 2 rings (SSSR count). The lowest BCUT2D eigenvalue weighted by atomic mass is 10.3. The number of hydrogen-bond acceptors (Lipinski definition) is 6. The minimum atomic E-state index is -4.71. The van der Waals surface area contributed by atoms with E-state index >= 15 is 0 Å². The number of aromatic nitrogens is 3. The van der Waals surface area contributed by atoms with Crippen LogP contribution in [0.2, 0.25) is 0 Å². The molecule has 0 fully saturated rings. The monoisotopic (exact) mass is 302 g/mol. The molecule has 10 heteroatoms. The molecule has 0 radical (unpaired) electrons. The largest absolute Gasteiger partial charge is 0.471 e. The number of rotatable bonds is 2. The van der Waals surface area contributed by atoms with Gasteiger partial charge >= 0.3 is 18.2 Å². The fourth-order valence-corrected chi connectivity index (χ4v) is 1.21. The van der Waals surface area contributed by atoms with E-state index < -0.39 is 18.2 Å². The van der Waals surface area contributed by atoms with Crippen molar-refractivity contribution in [2.24, 2.45) is 0 Å². The van der Waals surface area contributed by atoms with E-state index in [-0.39, 0.29) is 17.3 Å². The van der Waals surface area contributed by atoms with Gasteiger partial charge in [-0.2, -0.15) is 18.2 Å². The van der Waals surface area contributed by atoms with E-state index in [1.807, 2.05) is 0 Å². The molecular weight excluding hydrogens is 293 g/mol. The third-order valence-corrected chi connectivity index (χ3v) is 2.22. The highest BCUT2D eigenvalue weighted by atomic mass is 19.4. The molecule has 0 saturated carbocycles. The first-order chi connectivity index (χ1) is 9.77. The van der Waals surface area contributed by atoms with Gasteiger partial charge in [0.2, 0.25) is 11.7 Å². The number of carbonyl (C=O) groups excluding carboxylic acids is 1. The molecular formula is C11H9F3N4O3. The number of ether oxygens (including phenoxy) is 1. The standard InChI is InChI=1S/C11H9F3N4O3/c1-18(2)10(19)20-7-4-3-6(5-15-7)8-16-9(21-17-8)11(12,13)14/h3-5H,1-2H3. The van der Waals surface area contributed by atoms with E-state index in [0.717, 1.165) is 0 Å². The highest BCUT2D eigenvalue weighted by Crippen LogP contribution is 2.29. The summed E-state index contributed by atoms with van der Waals surface area (Å²) in [7, 11) is 2.99. The number of pyridine rings is 1. The molecule has 0 atom stereocenters. The van der Waals surface area contributed by atoms with Gasteiger partial charge < -0.3 is 14.2 Å². The molecule has 0 aliphatic heterocycles. The lowest BCUT2D eigenvalue weighted by Crippen LogP contribution is -2.25. The van der Waals surface area contributed by atoms with Crippen molar-refractivity contribution in [3.05, 3.63) is 24.2 Å². The molecule has 0 bridgehead atoms. The van der Waals surface area contributed by atoms with Crippen molar-refractivity contribution in [3.63, 3.8) is 0 Å². The van der Waals surface area contributed by atoms with Gasteiger partial charge in [-0.15, -0.1) is 0 Å². The van der Waals surface area contributed by atoms with E-state index in [9.17, 15) is 18.0 Å². The van der Waals surface area contributed by atoms with Crippen LogP contribution in [-0.2, 0) is 6.18 Å². The molecule has 21 heavy (non-hydrogen) atoms. The van der Waals surface area contributed by atoms with Gasteiger partial charge in [0.15, 0.2) is 0 Å². The van der Waals surface area contributed by atoms with Crippen molar-refractivity contribution >= 4 is 6.09 Å². The summed E-state index contributed by atoms with van der Waals surface area (Å²) in [6.07, 6.45) is -4.17. The summed E-state index contributed by atoms with van der Waals surface area (Å²) in [5.74, 6) is -1.71. The molecule has 112 valence electrons. The molecule has 1 amide bonds. The van der Waals surface area contributed by atoms with Crippen LogP contribution in [0.4, 0.5) is 18.0 Å². The van der Waals surface area contributed by atoms with Crippen LogP contribution in [0.25, 0.3) is 11.4 Å². The zero-order chi connectivity index (χ0) is 15.6. The number of hydrogen-bond donors (Lipinski definition) is 0. The average molecular weight is 302 g/mol. The van der Waals surface area contributed by atoms with Crippen molar-refractivity contribution in [1.82, 2.24) is 20.0 Å². The molecule has 0 N–H and O–H groups in total. The number of carbonyl (C=O) groups is 1. The molecule has 2 aromatic heterocycles. The Morgan fingerprint density at radius 3 is 2.52 bits per heavy atom. The highest BCUT2D eigenvalue weighted by Gasteiger charge is 2.38. The summed E-state index contributed by atoms with van der Waals surface area (Å²) in [6, 6.07) is 2.66. The maximum absolute atomic E-state index is 12.3. The van der Waals surface area contributed by atoms with E-state index in [1.165, 1.54) is 37.3 Å². The van der Waals surface area contributed by atoms with Crippen LogP contribution in [0.1, 0.15) is 5.89 Å². The number of alkyl halides is 3. The van der Waals surface area contributed by atoms with Gasteiger partial charge in [0.05, 0.1) is 0 Å². The van der Waals surface area contributed by atoms with E-state index in [1.54, 1.807) is 0 Å². The van der Waals surface area contributed by atoms with Gasteiger partial charge in [0.25, 0.3) is 0 Å². The van der Waals surface area contributed by atoms with Crippen molar-refractivity contribution < 1.29 is 27.2 Å². The Bertz CT molecular complexity index is 637. The van der Waals surface area contributed by atoms with Gasteiger partial charge in [0, 0.05) is 31.9 Å². The molecule has 0 saturated heterocycles. The number of halogens is 3. The lowest BCUT2D eigenvalue weighted by molar-refractivity contribution is -0.159. The summed E-state index contributed by atoms with van der Waals surface area (Å²) in [5, 5.41) is 3.21. The van der Waals surface area contributed by atoms with Crippen molar-refractivity contribution in [2.45, 2.75) is 6.18 Å². The first-order valence-electron chi connectivity index (χ1n) is 5.54. The fraction of sp³-hybridized carbons (Fsp3) is 0.273. The number of nitrogens with zero attached hydrogens (tertiary/aromatic N) is 4. The molecule has 0 spiro atoms. The van der Waals surface area contributed by atoms with E-state index in [4.69, 9.17) is 4.74 Å². The van der Waals surface area contributed by atoms with Crippen molar-refractivity contribution in [1.29, 1.82) is 0 Å². The smallest absolute Gasteiger partial charge is 0.391 e. The Morgan fingerprint density at radius 1 is 1.33 bits per heavy atom. The molecule has 0 unspecified atom stereocenters. The molecule has 2 aromatic rings. The summed E-state index contributed by atoms with van der Waals surface area (Å²) in [4.78, 5) is 19.5. The summed E-state index contributed by atoms with van der Waals surface area (Å²) < 4.78 is 45.9. The topological polar surface area (TPSA) is 81.4 Å². The SMILES string of the molecule is CN(C)C(=O)Oc1ccc(-c2noc(C(F)(F)F)n2)cn1. The Balaban J connectivity index is 2.16. The van der Waals surface area contributed by atoms with Gasteiger partial charge in [-0.3, -0.25) is 0 Å². The van der Waals surface area contributed by atoms with E-state index in [2.05, 4.69) is 19.6 Å². The molecule has 0 aromatic carbocycles. The second-order valence-electron chi connectivity index (χ2n) is 4.07. The zero-order valence-corrected chi connectivity index (χ0v) is 10.9. The van der Waals surface area contributed by atoms with Crippen LogP contribution in [0.5, 0.6) is 5.88 Å². The van der Waals surface area contributed by atoms with Gasteiger partial charge in [-0.25, -0.2) is 9.78 Å². The summed E-state index contributed by atoms with van der Waals surface area (Å²) >= 11 is 0. The minimum Gasteiger partial charge on any atom is -0.391 e. The second kappa shape index (κ2) is 5.38. The number of amides is 1. The maximum Gasteiger partial charge on any atom is 0.471 e. The van der Waals surface area contributed by atoms with Gasteiger partial charge in [-0.1, -0.05) is 5.16 Å². The van der Waals surface area contributed by atoms with E-state index in [0.29, 0.717) is 0 Å².